The van der Waals surface area contributed by atoms with Crippen molar-refractivity contribution in [1.29, 1.82) is 0 Å². The van der Waals surface area contributed by atoms with E-state index in [1.807, 2.05) is 20.8 Å². The number of carbonyl (C=O) groups is 2. The lowest BCUT2D eigenvalue weighted by Gasteiger charge is -2.29. The predicted molar refractivity (Wildman–Crippen MR) is 114 cm³/mol. The van der Waals surface area contributed by atoms with Gasteiger partial charge in [0.25, 0.3) is 0 Å². The van der Waals surface area contributed by atoms with Crippen LogP contribution in [-0.4, -0.2) is 40.3 Å². The average molecular weight is 430 g/mol. The van der Waals surface area contributed by atoms with Crippen molar-refractivity contribution in [3.63, 3.8) is 0 Å². The lowest BCUT2D eigenvalue weighted by molar-refractivity contribution is -0.140. The quantitative estimate of drug-likeness (QED) is 0.737. The number of carbonyl (C=O) groups excluding carboxylic acids is 2. The maximum absolute atomic E-state index is 13.9. The summed E-state index contributed by atoms with van der Waals surface area (Å²) in [5, 5.41) is 2.94. The molecule has 1 fully saturated rings. The van der Waals surface area contributed by atoms with Gasteiger partial charge in [-0.3, -0.25) is 14.6 Å². The van der Waals surface area contributed by atoms with Crippen LogP contribution >= 0.6 is 0 Å². The van der Waals surface area contributed by atoms with Crippen molar-refractivity contribution in [2.45, 2.75) is 51.7 Å². The Morgan fingerprint density at radius 1 is 1.13 bits per heavy atom. The topological polar surface area (TPSA) is 88.3 Å². The molecule has 31 heavy (non-hydrogen) atoms. The summed E-state index contributed by atoms with van der Waals surface area (Å²) in [6, 6.07) is 5.12. The highest BCUT2D eigenvalue weighted by molar-refractivity contribution is 5.90. The number of pyridine rings is 1. The van der Waals surface area contributed by atoms with Crippen molar-refractivity contribution >= 4 is 11.8 Å². The molecule has 0 radical (unpaired) electrons. The summed E-state index contributed by atoms with van der Waals surface area (Å²) in [6.07, 6.45) is 3.28. The Labute approximate surface area is 180 Å². The zero-order valence-corrected chi connectivity index (χ0v) is 17.9. The number of nitrogens with zero attached hydrogens (tertiary/aromatic N) is 2. The van der Waals surface area contributed by atoms with Gasteiger partial charge in [0, 0.05) is 6.54 Å². The van der Waals surface area contributed by atoms with E-state index in [9.17, 15) is 18.4 Å². The van der Waals surface area contributed by atoms with Gasteiger partial charge in [-0.2, -0.15) is 0 Å². The second-order valence-corrected chi connectivity index (χ2v) is 8.29. The van der Waals surface area contributed by atoms with E-state index in [0.29, 0.717) is 18.5 Å². The first kappa shape index (κ1) is 22.8. The molecular weight excluding hydrogens is 402 g/mol. The smallest absolute Gasteiger partial charge is 0.243 e. The molecule has 166 valence electrons. The van der Waals surface area contributed by atoms with Crippen molar-refractivity contribution in [1.82, 2.24) is 15.2 Å². The summed E-state index contributed by atoms with van der Waals surface area (Å²) in [5.41, 5.74) is 7.02. The Morgan fingerprint density at radius 2 is 1.74 bits per heavy atom. The molecule has 6 nitrogen and oxygen atoms in total. The minimum absolute atomic E-state index is 0.00989. The molecule has 2 amide bonds. The Hall–Kier alpha value is -2.87. The molecule has 2 heterocycles. The normalized spacial score (nSPS) is 18.2. The molecule has 1 aliphatic rings. The third-order valence-corrected chi connectivity index (χ3v) is 5.75. The molecule has 2 aromatic rings. The number of likely N-dealkylation sites (tertiary alicyclic amines) is 1. The van der Waals surface area contributed by atoms with E-state index in [4.69, 9.17) is 5.73 Å². The zero-order valence-electron chi connectivity index (χ0n) is 17.9. The van der Waals surface area contributed by atoms with Crippen LogP contribution in [0.1, 0.15) is 45.2 Å². The maximum atomic E-state index is 13.9. The Morgan fingerprint density at radius 3 is 2.32 bits per heavy atom. The second-order valence-electron chi connectivity index (χ2n) is 8.29. The average Bonchev–Trinajstić information content (AvgIpc) is 3.23. The number of nitrogens with two attached hydrogens (primary N) is 1. The molecule has 1 aromatic heterocycles. The van der Waals surface area contributed by atoms with Crippen LogP contribution in [0.25, 0.3) is 11.1 Å². The van der Waals surface area contributed by atoms with Gasteiger partial charge in [-0.25, -0.2) is 8.78 Å². The number of halogens is 2. The largest absolute Gasteiger partial charge is 0.348 e. The van der Waals surface area contributed by atoms with Gasteiger partial charge >= 0.3 is 0 Å². The summed E-state index contributed by atoms with van der Waals surface area (Å²) in [6.45, 7) is 6.09. The van der Waals surface area contributed by atoms with Crippen molar-refractivity contribution in [3.8, 4) is 11.1 Å². The van der Waals surface area contributed by atoms with Crippen LogP contribution in [0.4, 0.5) is 8.78 Å². The fourth-order valence-corrected chi connectivity index (χ4v) is 3.80. The van der Waals surface area contributed by atoms with Crippen LogP contribution in [0.3, 0.4) is 0 Å². The number of rotatable bonds is 6. The van der Waals surface area contributed by atoms with Crippen LogP contribution in [0.2, 0.25) is 0 Å². The molecule has 3 rings (SSSR count). The van der Waals surface area contributed by atoms with Crippen molar-refractivity contribution in [2.24, 2.45) is 11.7 Å². The molecule has 0 aliphatic carbocycles. The fourth-order valence-electron chi connectivity index (χ4n) is 3.80. The summed E-state index contributed by atoms with van der Waals surface area (Å²) >= 11 is 0. The van der Waals surface area contributed by atoms with Crippen LogP contribution < -0.4 is 11.1 Å². The predicted octanol–water partition coefficient (Wildman–Crippen LogP) is 3.18. The van der Waals surface area contributed by atoms with Crippen LogP contribution in [-0.2, 0) is 9.59 Å². The van der Waals surface area contributed by atoms with Crippen LogP contribution in [0, 0.1) is 17.6 Å². The first-order valence-electron chi connectivity index (χ1n) is 10.5. The van der Waals surface area contributed by atoms with E-state index in [1.54, 1.807) is 29.2 Å². The lowest BCUT2D eigenvalue weighted by atomic mass is 10.0. The standard InChI is InChI=1S/C23H28F2N4O2/c1-13(2)21(26)23(31)29-10-4-5-19(29)22(30)28-14(3)15-6-8-16(9-7-15)20-17(24)11-27-12-18(20)25/h6-9,11-14,19,21H,4-5,10,26H2,1-3H3,(H,28,30). The van der Waals surface area contributed by atoms with Gasteiger partial charge in [0.2, 0.25) is 11.8 Å². The summed E-state index contributed by atoms with van der Waals surface area (Å²) < 4.78 is 27.9. The van der Waals surface area contributed by atoms with E-state index < -0.39 is 23.7 Å². The molecule has 3 atom stereocenters. The third-order valence-electron chi connectivity index (χ3n) is 5.75. The summed E-state index contributed by atoms with van der Waals surface area (Å²) in [7, 11) is 0. The molecule has 8 heteroatoms. The fraction of sp³-hybridized carbons (Fsp3) is 0.435. The molecule has 0 bridgehead atoms. The molecule has 1 aliphatic heterocycles. The molecule has 3 N–H and O–H groups in total. The molecule has 1 aromatic carbocycles. The third kappa shape index (κ3) is 4.90. The lowest BCUT2D eigenvalue weighted by Crippen LogP contribution is -2.52. The first-order valence-corrected chi connectivity index (χ1v) is 10.5. The van der Waals surface area contributed by atoms with E-state index >= 15 is 0 Å². The molecular formula is C23H28F2N4O2. The zero-order chi connectivity index (χ0) is 22.7. The van der Waals surface area contributed by atoms with E-state index in [1.165, 1.54) is 0 Å². The number of benzene rings is 1. The highest BCUT2D eigenvalue weighted by atomic mass is 19.1. The number of hydrogen-bond donors (Lipinski definition) is 2. The Balaban J connectivity index is 1.69. The van der Waals surface area contributed by atoms with Gasteiger partial charge in [0.05, 0.1) is 30.0 Å². The summed E-state index contributed by atoms with van der Waals surface area (Å²) in [5.74, 6) is -1.92. The SMILES string of the molecule is CC(NC(=O)C1CCCN1C(=O)C(N)C(C)C)c1ccc(-c2c(F)cncc2F)cc1. The van der Waals surface area contributed by atoms with Gasteiger partial charge in [0.1, 0.15) is 6.04 Å². The Kier molecular flexibility index (Phi) is 7.00. The van der Waals surface area contributed by atoms with Crippen molar-refractivity contribution in [2.75, 3.05) is 6.54 Å². The first-order chi connectivity index (χ1) is 14.7. The molecule has 3 unspecified atom stereocenters. The molecule has 1 saturated heterocycles. The number of hydrogen-bond acceptors (Lipinski definition) is 4. The van der Waals surface area contributed by atoms with E-state index in [2.05, 4.69) is 10.3 Å². The van der Waals surface area contributed by atoms with Gasteiger partial charge in [0.15, 0.2) is 11.6 Å². The molecule has 0 spiro atoms. The van der Waals surface area contributed by atoms with Gasteiger partial charge < -0.3 is 16.0 Å². The van der Waals surface area contributed by atoms with Gasteiger partial charge in [-0.1, -0.05) is 38.1 Å². The van der Waals surface area contributed by atoms with E-state index in [0.717, 1.165) is 24.4 Å². The maximum Gasteiger partial charge on any atom is 0.243 e. The monoisotopic (exact) mass is 430 g/mol. The van der Waals surface area contributed by atoms with Gasteiger partial charge in [-0.05, 0) is 36.8 Å². The van der Waals surface area contributed by atoms with Gasteiger partial charge in [-0.15, -0.1) is 0 Å². The second kappa shape index (κ2) is 9.51. The number of aromatic nitrogens is 1. The van der Waals surface area contributed by atoms with Crippen LogP contribution in [0.5, 0.6) is 0 Å². The van der Waals surface area contributed by atoms with E-state index in [-0.39, 0.29) is 29.3 Å². The minimum Gasteiger partial charge on any atom is -0.348 e. The Bertz CT molecular complexity index is 929. The minimum atomic E-state index is -0.736. The van der Waals surface area contributed by atoms with Crippen LogP contribution in [0.15, 0.2) is 36.7 Å². The number of amides is 2. The highest BCUT2D eigenvalue weighted by Gasteiger charge is 2.37. The number of nitrogens with one attached hydrogen (secondary N) is 1. The summed E-state index contributed by atoms with van der Waals surface area (Å²) in [4.78, 5) is 30.6. The van der Waals surface area contributed by atoms with Crippen molar-refractivity contribution in [3.05, 3.63) is 53.9 Å². The highest BCUT2D eigenvalue weighted by Crippen LogP contribution is 2.27. The molecule has 0 saturated carbocycles. The van der Waals surface area contributed by atoms with Crippen molar-refractivity contribution < 1.29 is 18.4 Å².